The van der Waals surface area contributed by atoms with E-state index < -0.39 is 42.0 Å². The van der Waals surface area contributed by atoms with E-state index in [9.17, 15) is 23.2 Å². The Labute approximate surface area is 146 Å². The summed E-state index contributed by atoms with van der Waals surface area (Å²) in [6.07, 6.45) is 1.21. The summed E-state index contributed by atoms with van der Waals surface area (Å²) in [5, 5.41) is 0.335. The van der Waals surface area contributed by atoms with Crippen molar-refractivity contribution in [2.24, 2.45) is 0 Å². The van der Waals surface area contributed by atoms with Gasteiger partial charge in [-0.2, -0.15) is 0 Å². The molecule has 1 saturated carbocycles. The van der Waals surface area contributed by atoms with E-state index >= 15 is 0 Å². The number of hydrogen-bond donors (Lipinski definition) is 0. The molecule has 2 aromatic rings. The smallest absolute Gasteiger partial charge is 0.329 e. The van der Waals surface area contributed by atoms with Crippen molar-refractivity contribution in [2.75, 3.05) is 0 Å². The van der Waals surface area contributed by atoms with Gasteiger partial charge in [-0.3, -0.25) is 14.6 Å². The van der Waals surface area contributed by atoms with Crippen LogP contribution in [0.25, 0.3) is 0 Å². The van der Waals surface area contributed by atoms with Crippen LogP contribution in [-0.4, -0.2) is 33.8 Å². The maximum absolute atomic E-state index is 13.6. The van der Waals surface area contributed by atoms with Gasteiger partial charge in [0, 0.05) is 25.2 Å². The van der Waals surface area contributed by atoms with Gasteiger partial charge in [0.2, 0.25) is 0 Å². The number of carbonyl (C=O) groups is 3. The molecule has 132 valence electrons. The van der Waals surface area contributed by atoms with Crippen molar-refractivity contribution < 1.29 is 28.0 Å². The van der Waals surface area contributed by atoms with E-state index in [2.05, 4.69) is 4.98 Å². The number of fused-ring (bicyclic) bond motifs is 1. The molecule has 1 fully saturated rings. The fourth-order valence-corrected chi connectivity index (χ4v) is 3.36. The van der Waals surface area contributed by atoms with Gasteiger partial charge in [0.1, 0.15) is 5.41 Å². The lowest BCUT2D eigenvalue weighted by molar-refractivity contribution is -0.200. The first-order valence-corrected chi connectivity index (χ1v) is 7.83. The number of alkyl halides is 2. The Hall–Kier alpha value is -3.16. The quantitative estimate of drug-likeness (QED) is 0.788. The van der Waals surface area contributed by atoms with Gasteiger partial charge in [-0.25, -0.2) is 13.6 Å². The number of nitrogens with zero attached hydrogens (tertiary/aromatic N) is 2. The number of benzene rings is 1. The maximum Gasteiger partial charge on any atom is 0.344 e. The van der Waals surface area contributed by atoms with Crippen molar-refractivity contribution >= 4 is 17.8 Å². The molecule has 0 spiro atoms. The minimum absolute atomic E-state index is 0.0969. The van der Waals surface area contributed by atoms with Crippen LogP contribution in [0.15, 0.2) is 48.8 Å². The minimum Gasteiger partial charge on any atom is -0.329 e. The minimum atomic E-state index is -3.03. The number of hydroxylamine groups is 2. The molecule has 0 atom stereocenters. The van der Waals surface area contributed by atoms with E-state index in [4.69, 9.17) is 4.84 Å². The Morgan fingerprint density at radius 1 is 1.04 bits per heavy atom. The van der Waals surface area contributed by atoms with Gasteiger partial charge in [0.25, 0.3) is 17.7 Å². The molecule has 2 aliphatic rings. The fraction of sp³-hybridized carbons (Fsp3) is 0.222. The second-order valence-electron chi connectivity index (χ2n) is 6.36. The Balaban J connectivity index is 1.63. The number of aromatic nitrogens is 1. The van der Waals surface area contributed by atoms with Crippen LogP contribution in [0.2, 0.25) is 0 Å². The van der Waals surface area contributed by atoms with Crippen LogP contribution in [0, 0.1) is 0 Å². The predicted molar refractivity (Wildman–Crippen MR) is 83.1 cm³/mol. The third kappa shape index (κ3) is 2.29. The van der Waals surface area contributed by atoms with Crippen LogP contribution in [0.3, 0.4) is 0 Å². The third-order valence-corrected chi connectivity index (χ3v) is 4.66. The molecule has 4 rings (SSSR count). The van der Waals surface area contributed by atoms with Crippen LogP contribution < -0.4 is 0 Å². The highest BCUT2D eigenvalue weighted by Crippen LogP contribution is 2.54. The number of imide groups is 1. The lowest BCUT2D eigenvalue weighted by atomic mass is 9.62. The first kappa shape index (κ1) is 16.3. The summed E-state index contributed by atoms with van der Waals surface area (Å²) in [6.45, 7) is 0. The molecule has 1 aliphatic heterocycles. The Bertz CT molecular complexity index is 887. The number of halogens is 2. The van der Waals surface area contributed by atoms with E-state index in [-0.39, 0.29) is 16.7 Å². The molecular formula is C18H12F2N2O4. The Kier molecular flexibility index (Phi) is 3.40. The Morgan fingerprint density at radius 2 is 1.65 bits per heavy atom. The largest absolute Gasteiger partial charge is 0.344 e. The highest BCUT2D eigenvalue weighted by atomic mass is 19.3. The highest BCUT2D eigenvalue weighted by molar-refractivity contribution is 6.21. The van der Waals surface area contributed by atoms with E-state index in [1.54, 1.807) is 12.1 Å². The molecule has 0 bridgehead atoms. The van der Waals surface area contributed by atoms with Crippen LogP contribution in [0.5, 0.6) is 0 Å². The van der Waals surface area contributed by atoms with Crippen LogP contribution in [0.4, 0.5) is 8.78 Å². The molecule has 1 aliphatic carbocycles. The number of hydrogen-bond acceptors (Lipinski definition) is 5. The van der Waals surface area contributed by atoms with Crippen LogP contribution in [-0.2, 0) is 15.0 Å². The second kappa shape index (κ2) is 5.42. The first-order chi connectivity index (χ1) is 12.3. The molecule has 0 radical (unpaired) electrons. The highest BCUT2D eigenvalue weighted by Gasteiger charge is 2.63. The summed E-state index contributed by atoms with van der Waals surface area (Å²) in [5.74, 6) is -5.71. The molecule has 8 heteroatoms. The summed E-state index contributed by atoms with van der Waals surface area (Å²) in [6, 6.07) is 9.00. The van der Waals surface area contributed by atoms with Gasteiger partial charge < -0.3 is 4.84 Å². The van der Waals surface area contributed by atoms with Gasteiger partial charge in [0.05, 0.1) is 11.1 Å². The van der Waals surface area contributed by atoms with Gasteiger partial charge in [-0.1, -0.05) is 23.3 Å². The predicted octanol–water partition coefficient (Wildman–Crippen LogP) is 2.50. The molecular weight excluding hydrogens is 346 g/mol. The van der Waals surface area contributed by atoms with E-state index in [1.165, 1.54) is 36.7 Å². The van der Waals surface area contributed by atoms with Crippen molar-refractivity contribution in [1.29, 1.82) is 0 Å². The third-order valence-electron chi connectivity index (χ3n) is 4.66. The number of carbonyl (C=O) groups excluding carboxylic acids is 3. The van der Waals surface area contributed by atoms with Crippen LogP contribution >= 0.6 is 0 Å². The molecule has 0 unspecified atom stereocenters. The van der Waals surface area contributed by atoms with Gasteiger partial charge in [-0.05, 0) is 23.8 Å². The second-order valence-corrected chi connectivity index (χ2v) is 6.36. The first-order valence-electron chi connectivity index (χ1n) is 7.83. The zero-order valence-corrected chi connectivity index (χ0v) is 13.3. The van der Waals surface area contributed by atoms with Gasteiger partial charge in [0.15, 0.2) is 0 Å². The summed E-state index contributed by atoms with van der Waals surface area (Å²) in [5.41, 5.74) is -1.19. The molecule has 2 amide bonds. The SMILES string of the molecule is O=C1c2ccccc2C(=O)N1OC(=O)C1(c2cccnc2)CC(F)(F)C1. The fourth-order valence-electron chi connectivity index (χ4n) is 3.36. The van der Waals surface area contributed by atoms with E-state index in [1.807, 2.05) is 0 Å². The maximum atomic E-state index is 13.6. The van der Waals surface area contributed by atoms with Crippen molar-refractivity contribution in [2.45, 2.75) is 24.2 Å². The molecule has 0 N–H and O–H groups in total. The standard InChI is InChI=1S/C18H12F2N2O4/c19-18(20)9-17(10-18,11-4-3-7-21-8-11)16(25)26-22-14(23)12-5-1-2-6-13(12)15(22)24/h1-8H,9-10H2. The normalized spacial score (nSPS) is 19.7. The molecule has 2 heterocycles. The summed E-state index contributed by atoms with van der Waals surface area (Å²) >= 11 is 0. The Morgan fingerprint density at radius 3 is 2.15 bits per heavy atom. The summed E-state index contributed by atoms with van der Waals surface area (Å²) in [7, 11) is 0. The van der Waals surface area contributed by atoms with Crippen molar-refractivity contribution in [1.82, 2.24) is 10.0 Å². The topological polar surface area (TPSA) is 76.6 Å². The lowest BCUT2D eigenvalue weighted by Crippen LogP contribution is -2.56. The average molecular weight is 358 g/mol. The molecule has 0 saturated heterocycles. The zero-order chi connectivity index (χ0) is 18.5. The summed E-state index contributed by atoms with van der Waals surface area (Å²) < 4.78 is 27.2. The molecule has 6 nitrogen and oxygen atoms in total. The molecule has 1 aromatic heterocycles. The lowest BCUT2D eigenvalue weighted by Gasteiger charge is -2.45. The number of pyridine rings is 1. The monoisotopic (exact) mass is 358 g/mol. The van der Waals surface area contributed by atoms with Crippen molar-refractivity contribution in [3.63, 3.8) is 0 Å². The average Bonchev–Trinajstić information content (AvgIpc) is 2.85. The van der Waals surface area contributed by atoms with Gasteiger partial charge in [-0.15, -0.1) is 0 Å². The molecule has 26 heavy (non-hydrogen) atoms. The van der Waals surface area contributed by atoms with Crippen LogP contribution in [0.1, 0.15) is 39.1 Å². The van der Waals surface area contributed by atoms with Gasteiger partial charge >= 0.3 is 5.97 Å². The van der Waals surface area contributed by atoms with E-state index in [0.717, 1.165) is 0 Å². The number of amides is 2. The van der Waals surface area contributed by atoms with Crippen molar-refractivity contribution in [3.8, 4) is 0 Å². The zero-order valence-electron chi connectivity index (χ0n) is 13.3. The summed E-state index contributed by atoms with van der Waals surface area (Å²) in [4.78, 5) is 46.2. The number of rotatable bonds is 3. The molecule has 1 aromatic carbocycles. The van der Waals surface area contributed by atoms with Crippen molar-refractivity contribution in [3.05, 3.63) is 65.5 Å². The van der Waals surface area contributed by atoms with E-state index in [0.29, 0.717) is 5.06 Å².